The van der Waals surface area contributed by atoms with Crippen LogP contribution in [0.1, 0.15) is 5.69 Å². The summed E-state index contributed by atoms with van der Waals surface area (Å²) in [6.07, 6.45) is 0. The summed E-state index contributed by atoms with van der Waals surface area (Å²) in [4.78, 5) is 39.7. The van der Waals surface area contributed by atoms with Gasteiger partial charge in [0.25, 0.3) is 5.24 Å². The zero-order valence-electron chi connectivity index (χ0n) is 10.7. The molecule has 1 aliphatic rings. The third-order valence-corrected chi connectivity index (χ3v) is 5.42. The van der Waals surface area contributed by atoms with Crippen LogP contribution in [0.25, 0.3) is 0 Å². The maximum atomic E-state index is 11.6. The number of amides is 3. The first-order valence-electron chi connectivity index (χ1n) is 5.85. The zero-order valence-corrected chi connectivity index (χ0v) is 13.2. The number of nitrogens with zero attached hydrogens (tertiary/aromatic N) is 2. The van der Waals surface area contributed by atoms with E-state index >= 15 is 0 Å². The summed E-state index contributed by atoms with van der Waals surface area (Å²) in [6.45, 7) is 2.43. The summed E-state index contributed by atoms with van der Waals surface area (Å²) in [6, 6.07) is 0. The highest BCUT2D eigenvalue weighted by Gasteiger charge is 2.29. The molecular formula is C11H13N3O3S3. The van der Waals surface area contributed by atoms with Gasteiger partial charge in [0.2, 0.25) is 11.8 Å². The fourth-order valence-electron chi connectivity index (χ4n) is 1.48. The van der Waals surface area contributed by atoms with Gasteiger partial charge in [0.1, 0.15) is 0 Å². The first-order valence-corrected chi connectivity index (χ1v) is 8.70. The van der Waals surface area contributed by atoms with Crippen molar-refractivity contribution in [1.29, 1.82) is 0 Å². The molecule has 1 aliphatic heterocycles. The van der Waals surface area contributed by atoms with Gasteiger partial charge in [-0.25, -0.2) is 4.98 Å². The quantitative estimate of drug-likeness (QED) is 0.793. The molecule has 108 valence electrons. The molecule has 0 unspecified atom stereocenters. The number of imide groups is 1. The molecule has 0 spiro atoms. The first-order chi connectivity index (χ1) is 9.56. The number of nitrogens with one attached hydrogen (secondary N) is 1. The summed E-state index contributed by atoms with van der Waals surface area (Å²) in [5.41, 5.74) is 0.946. The van der Waals surface area contributed by atoms with E-state index in [9.17, 15) is 14.4 Å². The number of carbonyl (C=O) groups excluding carboxylic acids is 3. The molecule has 0 saturated carbocycles. The molecule has 0 aliphatic carbocycles. The number of hydrogen-bond acceptors (Lipinski definition) is 7. The number of thiazole rings is 1. The van der Waals surface area contributed by atoms with Crippen molar-refractivity contribution in [2.45, 2.75) is 11.3 Å². The molecule has 1 N–H and O–H groups in total. The van der Waals surface area contributed by atoms with E-state index in [-0.39, 0.29) is 41.6 Å². The highest BCUT2D eigenvalue weighted by molar-refractivity contribution is 8.14. The number of thioether (sulfide) groups is 2. The summed E-state index contributed by atoms with van der Waals surface area (Å²) in [5.74, 6) is 0.159. The SMILES string of the molecule is Cc1csc(SCC(=O)NCCN2C(=O)CSC2=O)n1. The Kier molecular flexibility index (Phi) is 5.44. The lowest BCUT2D eigenvalue weighted by Crippen LogP contribution is -2.38. The second kappa shape index (κ2) is 7.09. The lowest BCUT2D eigenvalue weighted by atomic mass is 10.5. The highest BCUT2D eigenvalue weighted by atomic mass is 32.2. The molecule has 1 aromatic rings. The van der Waals surface area contributed by atoms with Gasteiger partial charge in [-0.05, 0) is 6.92 Å². The van der Waals surface area contributed by atoms with Crippen molar-refractivity contribution in [3.8, 4) is 0 Å². The molecule has 2 rings (SSSR count). The lowest BCUT2D eigenvalue weighted by Gasteiger charge is -2.12. The van der Waals surface area contributed by atoms with E-state index in [4.69, 9.17) is 0 Å². The molecule has 6 nitrogen and oxygen atoms in total. The number of hydrogen-bond donors (Lipinski definition) is 1. The number of aryl methyl sites for hydroxylation is 1. The van der Waals surface area contributed by atoms with Gasteiger partial charge in [0.15, 0.2) is 4.34 Å². The zero-order chi connectivity index (χ0) is 14.5. The highest BCUT2D eigenvalue weighted by Crippen LogP contribution is 2.21. The third kappa shape index (κ3) is 4.22. The number of rotatable bonds is 6. The second-order valence-corrected chi connectivity index (χ2v) is 7.00. The van der Waals surface area contributed by atoms with Gasteiger partial charge in [-0.1, -0.05) is 23.5 Å². The summed E-state index contributed by atoms with van der Waals surface area (Å²) >= 11 is 3.88. The van der Waals surface area contributed by atoms with Crippen LogP contribution in [0.3, 0.4) is 0 Å². The monoisotopic (exact) mass is 331 g/mol. The van der Waals surface area contributed by atoms with Gasteiger partial charge < -0.3 is 5.32 Å². The summed E-state index contributed by atoms with van der Waals surface area (Å²) in [7, 11) is 0. The van der Waals surface area contributed by atoms with E-state index < -0.39 is 0 Å². The molecule has 1 saturated heterocycles. The van der Waals surface area contributed by atoms with Crippen LogP contribution in [0.5, 0.6) is 0 Å². The summed E-state index contributed by atoms with van der Waals surface area (Å²) in [5, 5.41) is 4.38. The van der Waals surface area contributed by atoms with E-state index in [1.54, 1.807) is 0 Å². The predicted octanol–water partition coefficient (Wildman–Crippen LogP) is 1.36. The van der Waals surface area contributed by atoms with Crippen LogP contribution in [0.15, 0.2) is 9.72 Å². The van der Waals surface area contributed by atoms with Crippen LogP contribution in [-0.4, -0.2) is 51.5 Å². The Hall–Kier alpha value is -1.06. The average Bonchev–Trinajstić information content (AvgIpc) is 2.96. The van der Waals surface area contributed by atoms with Crippen molar-refractivity contribution in [2.24, 2.45) is 0 Å². The molecule has 9 heteroatoms. The fourth-order valence-corrected chi connectivity index (χ4v) is 3.91. The van der Waals surface area contributed by atoms with E-state index in [0.29, 0.717) is 0 Å². The Morgan fingerprint density at radius 1 is 1.55 bits per heavy atom. The van der Waals surface area contributed by atoms with Crippen LogP contribution in [0.2, 0.25) is 0 Å². The van der Waals surface area contributed by atoms with E-state index in [1.165, 1.54) is 28.0 Å². The topological polar surface area (TPSA) is 79.4 Å². The smallest absolute Gasteiger partial charge is 0.288 e. The van der Waals surface area contributed by atoms with E-state index in [2.05, 4.69) is 10.3 Å². The largest absolute Gasteiger partial charge is 0.354 e. The van der Waals surface area contributed by atoms with Gasteiger partial charge in [-0.3, -0.25) is 19.3 Å². The average molecular weight is 331 g/mol. The third-order valence-electron chi connectivity index (χ3n) is 2.42. The van der Waals surface area contributed by atoms with Gasteiger partial charge >= 0.3 is 0 Å². The van der Waals surface area contributed by atoms with Crippen LogP contribution in [0, 0.1) is 6.92 Å². The molecule has 0 radical (unpaired) electrons. The number of carbonyl (C=O) groups is 3. The van der Waals surface area contributed by atoms with Gasteiger partial charge in [0.05, 0.1) is 11.5 Å². The standard InChI is InChI=1S/C11H13N3O3S3/c1-7-4-18-10(13-7)19-5-8(15)12-2-3-14-9(16)6-20-11(14)17/h4H,2-3,5-6H2,1H3,(H,12,15). The Labute approximate surface area is 128 Å². The van der Waals surface area contributed by atoms with Crippen molar-refractivity contribution >= 4 is 51.9 Å². The van der Waals surface area contributed by atoms with E-state index in [0.717, 1.165) is 21.8 Å². The van der Waals surface area contributed by atoms with Gasteiger partial charge in [-0.15, -0.1) is 11.3 Å². The van der Waals surface area contributed by atoms with Crippen molar-refractivity contribution in [2.75, 3.05) is 24.6 Å². The molecular weight excluding hydrogens is 318 g/mol. The molecule has 3 amide bonds. The van der Waals surface area contributed by atoms with Gasteiger partial charge in [0, 0.05) is 24.2 Å². The van der Waals surface area contributed by atoms with Crippen molar-refractivity contribution in [1.82, 2.24) is 15.2 Å². The molecule has 1 aromatic heterocycles. The van der Waals surface area contributed by atoms with Crippen LogP contribution < -0.4 is 5.32 Å². The Morgan fingerprint density at radius 3 is 2.95 bits per heavy atom. The molecule has 2 heterocycles. The maximum Gasteiger partial charge on any atom is 0.288 e. The minimum absolute atomic E-state index is 0.130. The van der Waals surface area contributed by atoms with Crippen molar-refractivity contribution < 1.29 is 14.4 Å². The van der Waals surface area contributed by atoms with Crippen molar-refractivity contribution in [3.63, 3.8) is 0 Å². The normalized spacial score (nSPS) is 14.9. The fraction of sp³-hybridized carbons (Fsp3) is 0.455. The Morgan fingerprint density at radius 2 is 2.35 bits per heavy atom. The van der Waals surface area contributed by atoms with Crippen molar-refractivity contribution in [3.05, 3.63) is 11.1 Å². The predicted molar refractivity (Wildman–Crippen MR) is 80.2 cm³/mol. The lowest BCUT2D eigenvalue weighted by molar-refractivity contribution is -0.125. The molecule has 0 aromatic carbocycles. The number of aromatic nitrogens is 1. The molecule has 0 bridgehead atoms. The van der Waals surface area contributed by atoms with Crippen LogP contribution >= 0.6 is 34.9 Å². The second-order valence-electron chi connectivity index (χ2n) is 3.99. The maximum absolute atomic E-state index is 11.6. The summed E-state index contributed by atoms with van der Waals surface area (Å²) < 4.78 is 0.860. The van der Waals surface area contributed by atoms with Gasteiger partial charge in [-0.2, -0.15) is 0 Å². The molecule has 0 atom stereocenters. The Bertz CT molecular complexity index is 516. The van der Waals surface area contributed by atoms with Crippen LogP contribution in [0.4, 0.5) is 4.79 Å². The van der Waals surface area contributed by atoms with E-state index in [1.807, 2.05) is 12.3 Å². The molecule has 20 heavy (non-hydrogen) atoms. The molecule has 1 fully saturated rings. The minimum atomic E-state index is -0.239. The first kappa shape index (κ1) is 15.3. The van der Waals surface area contributed by atoms with Crippen LogP contribution in [-0.2, 0) is 9.59 Å². The Balaban J connectivity index is 1.65. The minimum Gasteiger partial charge on any atom is -0.354 e.